The number of thioether (sulfide) groups is 2. The lowest BCUT2D eigenvalue weighted by Gasteiger charge is -2.25. The fourth-order valence-corrected chi connectivity index (χ4v) is 14.5. The third kappa shape index (κ3) is 58.7. The molecule has 440 valence electrons. The zero-order valence-electron chi connectivity index (χ0n) is 51.2. The van der Waals surface area contributed by atoms with E-state index < -0.39 is 7.75 Å². The van der Waals surface area contributed by atoms with Crippen molar-refractivity contribution in [2.45, 2.75) is 359 Å². The summed E-state index contributed by atoms with van der Waals surface area (Å²) in [5, 5.41) is 4.98. The van der Waals surface area contributed by atoms with Crippen molar-refractivity contribution in [3.05, 3.63) is 0 Å². The van der Waals surface area contributed by atoms with Gasteiger partial charge in [-0.15, -0.1) is 0 Å². The van der Waals surface area contributed by atoms with Crippen LogP contribution >= 0.6 is 31.3 Å². The molecule has 0 spiro atoms. The third-order valence-corrected chi connectivity index (χ3v) is 20.0. The molecule has 0 aliphatic carbocycles. The Morgan fingerprint density at radius 2 is 0.575 bits per heavy atom. The van der Waals surface area contributed by atoms with Gasteiger partial charge in [-0.2, -0.15) is 23.5 Å². The van der Waals surface area contributed by atoms with Crippen molar-refractivity contribution in [3.8, 4) is 0 Å². The number of likely N-dealkylation sites (N-methyl/N-ethyl adjacent to an activating group) is 1. The van der Waals surface area contributed by atoms with Crippen LogP contribution in [0.4, 0.5) is 0 Å². The Balaban J connectivity index is 4.43. The van der Waals surface area contributed by atoms with E-state index in [0.29, 0.717) is 19.8 Å². The van der Waals surface area contributed by atoms with E-state index in [0.717, 1.165) is 47.2 Å². The molecule has 73 heavy (non-hydrogen) atoms. The lowest BCUT2D eigenvalue weighted by Crippen LogP contribution is -2.40. The molecule has 0 aliphatic rings. The van der Waals surface area contributed by atoms with Crippen LogP contribution in [0.3, 0.4) is 0 Å². The first-order valence-corrected chi connectivity index (χ1v) is 37.0. The molecule has 0 amide bonds. The van der Waals surface area contributed by atoms with Crippen molar-refractivity contribution in [2.75, 3.05) is 59.0 Å². The Kier molecular flexibility index (Phi) is 59.5. The first-order chi connectivity index (χ1) is 35.7. The maximum Gasteiger partial charge on any atom is 0.405 e. The second-order valence-corrected chi connectivity index (χ2v) is 28.7. The van der Waals surface area contributed by atoms with Crippen molar-refractivity contribution in [2.24, 2.45) is 0 Å². The zero-order chi connectivity index (χ0) is 53.3. The summed E-state index contributed by atoms with van der Waals surface area (Å²) in [6.45, 7) is 11.8. The standard InChI is InChI=1S/C65H136N2O3PS2/c1-8-12-16-20-24-26-28-36-44-52-62-72-64(54-46-38-22-18-14-10-3)56-48-40-32-30-34-42-50-60-69-71(68,66-58-59-67(5,6)7)70-61-51-43-35-31-33-41-49-57-65(55-47-39-23-19-15-11-4)73-63-53-45-37-29-27-25-21-17-13-9-2/h64-65H,8-63H2,1-7H3,(H,66,68)/q+1. The number of nitrogens with one attached hydrogen (secondary N) is 1. The minimum absolute atomic E-state index is 0.517. The molecule has 0 aromatic heterocycles. The van der Waals surface area contributed by atoms with Crippen LogP contribution in [-0.4, -0.2) is 73.9 Å². The summed E-state index contributed by atoms with van der Waals surface area (Å²) < 4.78 is 26.8. The van der Waals surface area contributed by atoms with Gasteiger partial charge in [0, 0.05) is 10.5 Å². The molecule has 0 heterocycles. The Morgan fingerprint density at radius 1 is 0.342 bits per heavy atom. The highest BCUT2D eigenvalue weighted by Crippen LogP contribution is 2.44. The van der Waals surface area contributed by atoms with E-state index in [1.165, 1.54) is 307 Å². The van der Waals surface area contributed by atoms with Gasteiger partial charge in [-0.25, -0.2) is 9.65 Å². The predicted molar refractivity (Wildman–Crippen MR) is 336 cm³/mol. The van der Waals surface area contributed by atoms with Gasteiger partial charge in [0.25, 0.3) is 0 Å². The molecule has 2 unspecified atom stereocenters. The monoisotopic (exact) mass is 1090 g/mol. The Labute approximate surface area is 470 Å². The summed E-state index contributed by atoms with van der Waals surface area (Å²) in [6, 6.07) is 0. The van der Waals surface area contributed by atoms with E-state index in [1.54, 1.807) is 0 Å². The van der Waals surface area contributed by atoms with Crippen LogP contribution in [0.25, 0.3) is 0 Å². The molecule has 8 heteroatoms. The molecule has 0 bridgehead atoms. The van der Waals surface area contributed by atoms with Crippen LogP contribution in [-0.2, 0) is 13.6 Å². The van der Waals surface area contributed by atoms with Crippen molar-refractivity contribution >= 4 is 31.3 Å². The van der Waals surface area contributed by atoms with Crippen molar-refractivity contribution in [1.29, 1.82) is 0 Å². The predicted octanol–water partition coefficient (Wildman–Crippen LogP) is 23.2. The normalized spacial score (nSPS) is 13.8. The Morgan fingerprint density at radius 3 is 0.836 bits per heavy atom. The topological polar surface area (TPSA) is 47.6 Å². The van der Waals surface area contributed by atoms with Crippen molar-refractivity contribution in [1.82, 2.24) is 5.09 Å². The van der Waals surface area contributed by atoms with Gasteiger partial charge in [0.1, 0.15) is 0 Å². The average molecular weight is 1090 g/mol. The van der Waals surface area contributed by atoms with Gasteiger partial charge < -0.3 is 4.48 Å². The summed E-state index contributed by atoms with van der Waals surface area (Å²) in [7, 11) is 3.22. The second-order valence-electron chi connectivity index (χ2n) is 24.1. The molecule has 0 aromatic carbocycles. The van der Waals surface area contributed by atoms with Crippen LogP contribution in [0.2, 0.25) is 0 Å². The van der Waals surface area contributed by atoms with Crippen LogP contribution in [0.15, 0.2) is 0 Å². The van der Waals surface area contributed by atoms with Crippen LogP contribution in [0, 0.1) is 0 Å². The molecular formula is C65H136N2O3PS2+. The minimum atomic E-state index is -3.30. The fraction of sp³-hybridized carbons (Fsp3) is 1.00. The van der Waals surface area contributed by atoms with E-state index in [4.69, 9.17) is 9.05 Å². The number of hydrogen-bond acceptors (Lipinski definition) is 5. The summed E-state index contributed by atoms with van der Waals surface area (Å²) in [4.78, 5) is 0. The first kappa shape index (κ1) is 73.8. The van der Waals surface area contributed by atoms with Crippen molar-refractivity contribution in [3.63, 3.8) is 0 Å². The highest BCUT2D eigenvalue weighted by molar-refractivity contribution is 8.00. The third-order valence-electron chi connectivity index (χ3n) is 15.4. The van der Waals surface area contributed by atoms with Gasteiger partial charge in [-0.05, 0) is 62.9 Å². The van der Waals surface area contributed by atoms with E-state index in [1.807, 2.05) is 0 Å². The summed E-state index contributed by atoms with van der Waals surface area (Å²) in [5.41, 5.74) is 0. The number of nitrogens with zero attached hydrogens (tertiary/aromatic N) is 1. The maximum absolute atomic E-state index is 13.9. The number of unbranched alkanes of at least 4 members (excludes halogenated alkanes) is 40. The Hall–Kier alpha value is 0.770. The van der Waals surface area contributed by atoms with Gasteiger partial charge in [-0.3, -0.25) is 9.05 Å². The highest BCUT2D eigenvalue weighted by Gasteiger charge is 2.25. The Bertz CT molecular complexity index is 1020. The smallest absolute Gasteiger partial charge is 0.330 e. The van der Waals surface area contributed by atoms with E-state index in [2.05, 4.69) is 77.4 Å². The first-order valence-electron chi connectivity index (χ1n) is 33.4. The van der Waals surface area contributed by atoms with Gasteiger partial charge in [0.2, 0.25) is 0 Å². The highest BCUT2D eigenvalue weighted by atomic mass is 32.2. The SMILES string of the molecule is CCCCCCCCCCCCSC(CCCCCCCC)CCCCCCCCCOP(=O)(NCC[N+](C)(C)C)OCCCCCCCCCC(CCCCCCCC)SCCCCCCCCCCCC. The van der Waals surface area contributed by atoms with Crippen LogP contribution < -0.4 is 5.09 Å². The molecule has 1 N–H and O–H groups in total. The number of hydrogen-bond donors (Lipinski definition) is 1. The molecule has 5 nitrogen and oxygen atoms in total. The van der Waals surface area contributed by atoms with Crippen LogP contribution in [0.5, 0.6) is 0 Å². The molecule has 0 saturated heterocycles. The van der Waals surface area contributed by atoms with Gasteiger partial charge >= 0.3 is 7.75 Å². The molecule has 0 saturated carbocycles. The second kappa shape index (κ2) is 58.9. The number of rotatable bonds is 64. The largest absolute Gasteiger partial charge is 0.405 e. The number of quaternary nitrogens is 1. The van der Waals surface area contributed by atoms with Crippen molar-refractivity contribution < 1.29 is 18.1 Å². The molecular weight excluding hydrogens is 952 g/mol. The lowest BCUT2D eigenvalue weighted by molar-refractivity contribution is -0.869. The average Bonchev–Trinajstić information content (AvgIpc) is 3.37. The summed E-state index contributed by atoms with van der Waals surface area (Å²) in [6.07, 6.45) is 68.9. The molecule has 0 fully saturated rings. The summed E-state index contributed by atoms with van der Waals surface area (Å²) >= 11 is 4.64. The van der Waals surface area contributed by atoms with E-state index in [9.17, 15) is 4.57 Å². The molecule has 0 aliphatic heterocycles. The fourth-order valence-electron chi connectivity index (χ4n) is 10.3. The molecule has 0 rings (SSSR count). The summed E-state index contributed by atoms with van der Waals surface area (Å²) in [5.74, 6) is 2.75. The zero-order valence-corrected chi connectivity index (χ0v) is 53.7. The molecule has 0 radical (unpaired) electrons. The molecule has 2 atom stereocenters. The maximum atomic E-state index is 13.9. The van der Waals surface area contributed by atoms with E-state index >= 15 is 0 Å². The quantitative estimate of drug-likeness (QED) is 0.0372. The van der Waals surface area contributed by atoms with Gasteiger partial charge in [0.15, 0.2) is 0 Å². The van der Waals surface area contributed by atoms with Crippen LogP contribution in [0.1, 0.15) is 349 Å². The van der Waals surface area contributed by atoms with E-state index in [-0.39, 0.29) is 0 Å². The lowest BCUT2D eigenvalue weighted by atomic mass is 10.0. The molecule has 0 aromatic rings. The van der Waals surface area contributed by atoms with Gasteiger partial charge in [-0.1, -0.05) is 297 Å². The van der Waals surface area contributed by atoms with Gasteiger partial charge in [0.05, 0.1) is 47.4 Å². The minimum Gasteiger partial charge on any atom is -0.330 e.